The molecule has 0 spiro atoms. The van der Waals surface area contributed by atoms with Crippen LogP contribution in [0.5, 0.6) is 0 Å². The van der Waals surface area contributed by atoms with Crippen LogP contribution in [-0.4, -0.2) is 40.6 Å². The van der Waals surface area contributed by atoms with Gasteiger partial charge in [0, 0.05) is 28.7 Å². The van der Waals surface area contributed by atoms with E-state index in [2.05, 4.69) is 20.4 Å². The van der Waals surface area contributed by atoms with Gasteiger partial charge in [0.25, 0.3) is 0 Å². The maximum atomic E-state index is 12.7. The number of carbonyl (C=O) groups excluding carboxylic acids is 1. The number of benzene rings is 2. The topological polar surface area (TPSA) is 71.3 Å². The number of rotatable bonds is 8. The Morgan fingerprint density at radius 2 is 2.00 bits per heavy atom. The first kappa shape index (κ1) is 24.0. The lowest BCUT2D eigenvalue weighted by atomic mass is 9.97. The molecule has 1 aromatic heterocycles. The lowest BCUT2D eigenvalue weighted by Gasteiger charge is -2.30. The van der Waals surface area contributed by atoms with Crippen LogP contribution in [0.2, 0.25) is 15.1 Å². The van der Waals surface area contributed by atoms with Crippen molar-refractivity contribution in [3.8, 4) is 11.4 Å². The maximum absolute atomic E-state index is 12.7. The summed E-state index contributed by atoms with van der Waals surface area (Å²) in [6, 6.07) is 13.0. The molecule has 1 unspecified atom stereocenters. The van der Waals surface area contributed by atoms with Crippen molar-refractivity contribution in [2.45, 2.75) is 32.2 Å². The van der Waals surface area contributed by atoms with Crippen LogP contribution in [0.1, 0.15) is 30.7 Å². The van der Waals surface area contributed by atoms with Crippen molar-refractivity contribution >= 4 is 40.7 Å². The average molecular weight is 508 g/mol. The lowest BCUT2D eigenvalue weighted by molar-refractivity contribution is -0.126. The molecule has 0 bridgehead atoms. The van der Waals surface area contributed by atoms with Crippen molar-refractivity contribution in [3.05, 3.63) is 69.0 Å². The van der Waals surface area contributed by atoms with Crippen LogP contribution >= 0.6 is 34.8 Å². The minimum absolute atomic E-state index is 0.0489. The molecule has 1 aliphatic heterocycles. The molecule has 2 heterocycles. The number of amides is 1. The van der Waals surface area contributed by atoms with Crippen LogP contribution in [0, 0.1) is 5.92 Å². The molecular weight excluding hydrogens is 483 g/mol. The highest BCUT2D eigenvalue weighted by atomic mass is 35.5. The summed E-state index contributed by atoms with van der Waals surface area (Å²) in [5.74, 6) is 0.971. The van der Waals surface area contributed by atoms with Gasteiger partial charge >= 0.3 is 0 Å². The highest BCUT2D eigenvalue weighted by Gasteiger charge is 2.27. The summed E-state index contributed by atoms with van der Waals surface area (Å²) in [5, 5.41) is 8.92. The van der Waals surface area contributed by atoms with E-state index in [-0.39, 0.29) is 11.8 Å². The van der Waals surface area contributed by atoms with Gasteiger partial charge in [0.2, 0.25) is 17.6 Å². The Balaban J connectivity index is 1.26. The van der Waals surface area contributed by atoms with Crippen LogP contribution in [-0.2, 0) is 17.8 Å². The number of hydrogen-bond acceptors (Lipinski definition) is 5. The van der Waals surface area contributed by atoms with Crippen LogP contribution in [0.3, 0.4) is 0 Å². The number of nitrogens with zero attached hydrogens (tertiary/aromatic N) is 3. The molecule has 174 valence electrons. The van der Waals surface area contributed by atoms with E-state index in [1.54, 1.807) is 18.2 Å². The summed E-state index contributed by atoms with van der Waals surface area (Å²) >= 11 is 18.4. The van der Waals surface area contributed by atoms with Crippen molar-refractivity contribution in [2.75, 3.05) is 19.6 Å². The first-order valence-electron chi connectivity index (χ1n) is 11.0. The van der Waals surface area contributed by atoms with Gasteiger partial charge in [-0.2, -0.15) is 4.98 Å². The average Bonchev–Trinajstić information content (AvgIpc) is 3.26. The third kappa shape index (κ3) is 6.48. The highest BCUT2D eigenvalue weighted by Crippen LogP contribution is 2.28. The molecule has 1 aliphatic rings. The second kappa shape index (κ2) is 11.3. The van der Waals surface area contributed by atoms with Gasteiger partial charge in [0.15, 0.2) is 0 Å². The Morgan fingerprint density at radius 1 is 1.15 bits per heavy atom. The Labute approximate surface area is 208 Å². The fraction of sp³-hybridized carbons (Fsp3) is 0.375. The Bertz CT molecular complexity index is 1100. The van der Waals surface area contributed by atoms with Gasteiger partial charge in [-0.3, -0.25) is 9.69 Å². The standard InChI is InChI=1S/C24H25Cl3N4O2/c25-18-9-10-19(21(27)13-18)23-29-22(33-30-23)15-31-12-4-7-17(14-31)24(32)28-11-3-6-16-5-1-2-8-20(16)26/h1-2,5,8-10,13,17H,3-4,6-7,11-12,14-15H2,(H,28,32). The highest BCUT2D eigenvalue weighted by molar-refractivity contribution is 6.36. The summed E-state index contributed by atoms with van der Waals surface area (Å²) in [6.07, 6.45) is 3.52. The first-order chi connectivity index (χ1) is 16.0. The molecular formula is C24H25Cl3N4O2. The fourth-order valence-corrected chi connectivity index (χ4v) is 4.76. The smallest absolute Gasteiger partial charge is 0.241 e. The molecule has 2 aromatic carbocycles. The van der Waals surface area contributed by atoms with Crippen LogP contribution in [0.4, 0.5) is 0 Å². The largest absolute Gasteiger partial charge is 0.356 e. The van der Waals surface area contributed by atoms with Gasteiger partial charge in [-0.05, 0) is 62.1 Å². The second-order valence-corrected chi connectivity index (χ2v) is 9.45. The normalized spacial score (nSPS) is 16.6. The predicted molar refractivity (Wildman–Crippen MR) is 131 cm³/mol. The van der Waals surface area contributed by atoms with Crippen LogP contribution in [0.25, 0.3) is 11.4 Å². The number of piperidine rings is 1. The molecule has 6 nitrogen and oxygen atoms in total. The number of halogens is 3. The SMILES string of the molecule is O=C(NCCCc1ccccc1Cl)C1CCCN(Cc2nc(-c3ccc(Cl)cc3Cl)no2)C1. The van der Waals surface area contributed by atoms with Gasteiger partial charge in [0.05, 0.1) is 17.5 Å². The summed E-state index contributed by atoms with van der Waals surface area (Å²) in [7, 11) is 0. The molecule has 4 rings (SSSR count). The molecule has 9 heteroatoms. The molecule has 1 amide bonds. The van der Waals surface area contributed by atoms with Crippen molar-refractivity contribution in [2.24, 2.45) is 5.92 Å². The van der Waals surface area contributed by atoms with E-state index in [9.17, 15) is 4.79 Å². The van der Waals surface area contributed by atoms with E-state index >= 15 is 0 Å². The van der Waals surface area contributed by atoms with Gasteiger partial charge in [-0.25, -0.2) is 0 Å². The van der Waals surface area contributed by atoms with E-state index in [1.807, 2.05) is 24.3 Å². The molecule has 0 aliphatic carbocycles. The minimum Gasteiger partial charge on any atom is -0.356 e. The quantitative estimate of drug-likeness (QED) is 0.399. The monoisotopic (exact) mass is 506 g/mol. The molecule has 1 N–H and O–H groups in total. The molecule has 0 saturated carbocycles. The summed E-state index contributed by atoms with van der Waals surface area (Å²) < 4.78 is 5.43. The van der Waals surface area contributed by atoms with Gasteiger partial charge in [-0.15, -0.1) is 0 Å². The van der Waals surface area contributed by atoms with Crippen molar-refractivity contribution in [3.63, 3.8) is 0 Å². The number of likely N-dealkylation sites (tertiary alicyclic amines) is 1. The third-order valence-corrected chi connectivity index (χ3v) is 6.67. The Hall–Kier alpha value is -2.12. The van der Waals surface area contributed by atoms with E-state index in [0.717, 1.165) is 42.8 Å². The molecule has 3 aromatic rings. The molecule has 1 atom stereocenters. The number of carbonyl (C=O) groups is 1. The number of aryl methyl sites for hydroxylation is 1. The van der Waals surface area contributed by atoms with Crippen LogP contribution < -0.4 is 5.32 Å². The van der Waals surface area contributed by atoms with Crippen molar-refractivity contribution in [1.29, 1.82) is 0 Å². The zero-order chi connectivity index (χ0) is 23.2. The third-order valence-electron chi connectivity index (χ3n) is 5.76. The minimum atomic E-state index is -0.0489. The maximum Gasteiger partial charge on any atom is 0.241 e. The summed E-state index contributed by atoms with van der Waals surface area (Å²) in [6.45, 7) is 2.68. The van der Waals surface area contributed by atoms with Gasteiger partial charge in [0.1, 0.15) is 0 Å². The zero-order valence-corrected chi connectivity index (χ0v) is 20.3. The van der Waals surface area contributed by atoms with Gasteiger partial charge < -0.3 is 9.84 Å². The Kier molecular flexibility index (Phi) is 8.25. The van der Waals surface area contributed by atoms with Crippen molar-refractivity contribution < 1.29 is 9.32 Å². The Morgan fingerprint density at radius 3 is 2.82 bits per heavy atom. The fourth-order valence-electron chi connectivity index (χ4n) is 4.04. The van der Waals surface area contributed by atoms with E-state index in [0.29, 0.717) is 47.0 Å². The molecule has 1 saturated heterocycles. The summed E-state index contributed by atoms with van der Waals surface area (Å²) in [5.41, 5.74) is 1.78. The number of hydrogen-bond donors (Lipinski definition) is 1. The van der Waals surface area contributed by atoms with E-state index in [1.165, 1.54) is 0 Å². The number of aromatic nitrogens is 2. The summed E-state index contributed by atoms with van der Waals surface area (Å²) in [4.78, 5) is 19.3. The predicted octanol–water partition coefficient (Wildman–Crippen LogP) is 5.66. The van der Waals surface area contributed by atoms with Crippen molar-refractivity contribution in [1.82, 2.24) is 20.4 Å². The first-order valence-corrected chi connectivity index (χ1v) is 12.1. The van der Waals surface area contributed by atoms with E-state index < -0.39 is 0 Å². The van der Waals surface area contributed by atoms with Crippen LogP contribution in [0.15, 0.2) is 47.0 Å². The zero-order valence-electron chi connectivity index (χ0n) is 18.1. The van der Waals surface area contributed by atoms with Gasteiger partial charge in [-0.1, -0.05) is 58.2 Å². The molecule has 1 fully saturated rings. The molecule has 0 radical (unpaired) electrons. The van der Waals surface area contributed by atoms with E-state index in [4.69, 9.17) is 39.3 Å². The second-order valence-electron chi connectivity index (χ2n) is 8.20. The number of nitrogens with one attached hydrogen (secondary N) is 1. The lowest BCUT2D eigenvalue weighted by Crippen LogP contribution is -2.43. The molecule has 33 heavy (non-hydrogen) atoms.